The molecular formula is C26H33ClF2N2O4SSi. The molecule has 11 heteroatoms. The van der Waals surface area contributed by atoms with Crippen molar-refractivity contribution in [1.29, 1.82) is 0 Å². The Kier molecular flexibility index (Phi) is 10.6. The lowest BCUT2D eigenvalue weighted by atomic mass is 10.0. The number of aromatic nitrogens is 2. The maximum atomic E-state index is 14.9. The van der Waals surface area contributed by atoms with Crippen LogP contribution in [0, 0.1) is 17.6 Å². The van der Waals surface area contributed by atoms with E-state index in [4.69, 9.17) is 33.3 Å². The van der Waals surface area contributed by atoms with Gasteiger partial charge in [0.15, 0.2) is 17.4 Å². The molecule has 0 saturated carbocycles. The van der Waals surface area contributed by atoms with Crippen LogP contribution in [0.25, 0.3) is 11.0 Å². The molecule has 2 aromatic heterocycles. The molecule has 3 aromatic rings. The molecule has 0 unspecified atom stereocenters. The minimum Gasteiger partial charge on any atom is -0.450 e. The van der Waals surface area contributed by atoms with E-state index in [1.165, 1.54) is 24.4 Å². The van der Waals surface area contributed by atoms with Gasteiger partial charge in [-0.05, 0) is 47.5 Å². The highest BCUT2D eigenvalue weighted by Crippen LogP contribution is 2.37. The first kappa shape index (κ1) is 29.6. The Bertz CT molecular complexity index is 1210. The van der Waals surface area contributed by atoms with Gasteiger partial charge in [-0.2, -0.15) is 0 Å². The van der Waals surface area contributed by atoms with Crippen LogP contribution >= 0.6 is 23.8 Å². The summed E-state index contributed by atoms with van der Waals surface area (Å²) in [5.74, 6) is -2.36. The van der Waals surface area contributed by atoms with Crippen LogP contribution in [0.3, 0.4) is 0 Å². The van der Waals surface area contributed by atoms with E-state index in [9.17, 15) is 19.0 Å². The number of aliphatic hydroxyl groups excluding tert-OH is 2. The molecule has 0 fully saturated rings. The molecule has 2 heterocycles. The summed E-state index contributed by atoms with van der Waals surface area (Å²) < 4.78 is 43.1. The van der Waals surface area contributed by atoms with Gasteiger partial charge in [0, 0.05) is 52.6 Å². The number of nitrogens with zero attached hydrogens (tertiary/aromatic N) is 2. The van der Waals surface area contributed by atoms with Crippen molar-refractivity contribution in [2.75, 3.05) is 19.8 Å². The SMILES string of the molecule is C[Si](C)(C)CCOCn1cc(Cl)c2c(Oc3c(F)cc(CC(=S)CCC(CO)CO)cc3F)ccnc21. The lowest BCUT2D eigenvalue weighted by molar-refractivity contribution is 0.0899. The third-order valence-corrected chi connectivity index (χ3v) is 8.26. The largest absolute Gasteiger partial charge is 0.450 e. The Morgan fingerprint density at radius 2 is 1.86 bits per heavy atom. The number of hydrogen-bond donors (Lipinski definition) is 2. The normalized spacial score (nSPS) is 12.0. The summed E-state index contributed by atoms with van der Waals surface area (Å²) >= 11 is 11.8. The number of hydrogen-bond acceptors (Lipinski definition) is 6. The topological polar surface area (TPSA) is 76.7 Å². The van der Waals surface area contributed by atoms with Crippen molar-refractivity contribution < 1.29 is 28.5 Å². The molecule has 0 amide bonds. The molecule has 0 radical (unpaired) electrons. The second kappa shape index (κ2) is 13.2. The van der Waals surface area contributed by atoms with Gasteiger partial charge in [-0.3, -0.25) is 0 Å². The van der Waals surface area contributed by atoms with E-state index in [1.807, 2.05) is 0 Å². The Morgan fingerprint density at radius 3 is 2.49 bits per heavy atom. The molecule has 37 heavy (non-hydrogen) atoms. The fourth-order valence-corrected chi connectivity index (χ4v) is 5.04. The van der Waals surface area contributed by atoms with Crippen LogP contribution in [0.1, 0.15) is 18.4 Å². The first-order valence-corrected chi connectivity index (χ1v) is 16.6. The van der Waals surface area contributed by atoms with Gasteiger partial charge < -0.3 is 24.3 Å². The smallest absolute Gasteiger partial charge is 0.198 e. The number of thiocarbonyl (C=S) groups is 1. The molecule has 0 spiro atoms. The van der Waals surface area contributed by atoms with Crippen molar-refractivity contribution in [3.8, 4) is 11.5 Å². The molecule has 0 bridgehead atoms. The molecule has 3 rings (SSSR count). The minimum atomic E-state index is -1.22. The monoisotopic (exact) mass is 570 g/mol. The average Bonchev–Trinajstić information content (AvgIpc) is 3.15. The predicted molar refractivity (Wildman–Crippen MR) is 148 cm³/mol. The van der Waals surface area contributed by atoms with Crippen LogP contribution in [-0.2, 0) is 17.9 Å². The number of pyridine rings is 1. The summed E-state index contributed by atoms with van der Waals surface area (Å²) in [4.78, 5) is 4.94. The zero-order chi connectivity index (χ0) is 27.2. The van der Waals surface area contributed by atoms with Gasteiger partial charge in [-0.15, -0.1) is 0 Å². The zero-order valence-corrected chi connectivity index (χ0v) is 23.8. The van der Waals surface area contributed by atoms with E-state index >= 15 is 0 Å². The fraction of sp³-hybridized carbons (Fsp3) is 0.462. The lowest BCUT2D eigenvalue weighted by Crippen LogP contribution is -2.22. The first-order chi connectivity index (χ1) is 17.5. The first-order valence-electron chi connectivity index (χ1n) is 12.1. The van der Waals surface area contributed by atoms with E-state index in [-0.39, 0.29) is 38.0 Å². The number of halogens is 3. The summed E-state index contributed by atoms with van der Waals surface area (Å²) in [6, 6.07) is 4.91. The molecule has 0 saturated heterocycles. The molecular weight excluding hydrogens is 538 g/mol. The van der Waals surface area contributed by atoms with Crippen LogP contribution in [0.2, 0.25) is 30.7 Å². The number of rotatable bonds is 14. The summed E-state index contributed by atoms with van der Waals surface area (Å²) in [7, 11) is -1.22. The Hall–Kier alpha value is -1.95. The second-order valence-corrected chi connectivity index (χ2v) is 16.9. The summed E-state index contributed by atoms with van der Waals surface area (Å²) in [5, 5.41) is 19.1. The van der Waals surface area contributed by atoms with E-state index in [2.05, 4.69) is 24.6 Å². The molecule has 1 aromatic carbocycles. The van der Waals surface area contributed by atoms with E-state index in [1.54, 1.807) is 10.8 Å². The van der Waals surface area contributed by atoms with Gasteiger partial charge in [0.25, 0.3) is 0 Å². The van der Waals surface area contributed by atoms with Gasteiger partial charge in [-0.1, -0.05) is 43.5 Å². The van der Waals surface area contributed by atoms with Crippen LogP contribution in [0.4, 0.5) is 8.78 Å². The van der Waals surface area contributed by atoms with Crippen molar-refractivity contribution >= 4 is 47.8 Å². The van der Waals surface area contributed by atoms with Gasteiger partial charge in [-0.25, -0.2) is 13.8 Å². The Balaban J connectivity index is 1.74. The molecule has 0 aliphatic rings. The number of ether oxygens (including phenoxy) is 2. The number of fused-ring (bicyclic) bond motifs is 1. The summed E-state index contributed by atoms with van der Waals surface area (Å²) in [5.41, 5.74) is 0.860. The third-order valence-electron chi connectivity index (χ3n) is 5.92. The molecule has 202 valence electrons. The minimum absolute atomic E-state index is 0.143. The van der Waals surface area contributed by atoms with Crippen molar-refractivity contribution in [3.05, 3.63) is 52.8 Å². The Morgan fingerprint density at radius 1 is 1.19 bits per heavy atom. The highest BCUT2D eigenvalue weighted by Gasteiger charge is 2.20. The van der Waals surface area contributed by atoms with E-state index < -0.39 is 25.5 Å². The van der Waals surface area contributed by atoms with Crippen molar-refractivity contribution in [2.45, 2.75) is 51.7 Å². The van der Waals surface area contributed by atoms with Crippen LogP contribution < -0.4 is 4.74 Å². The second-order valence-electron chi connectivity index (χ2n) is 10.3. The quantitative estimate of drug-likeness (QED) is 0.133. The van der Waals surface area contributed by atoms with Crippen LogP contribution in [0.15, 0.2) is 30.6 Å². The predicted octanol–water partition coefficient (Wildman–Crippen LogP) is 6.37. The maximum absolute atomic E-state index is 14.9. The van der Waals surface area contributed by atoms with E-state index in [0.717, 1.165) is 6.04 Å². The Labute approximate surface area is 227 Å². The molecule has 0 aliphatic heterocycles. The number of aliphatic hydroxyl groups is 2. The lowest BCUT2D eigenvalue weighted by Gasteiger charge is -2.15. The van der Waals surface area contributed by atoms with Gasteiger partial charge in [0.1, 0.15) is 18.1 Å². The fourth-order valence-electron chi connectivity index (χ4n) is 3.71. The van der Waals surface area contributed by atoms with Gasteiger partial charge in [0.05, 0.1) is 10.4 Å². The average molecular weight is 571 g/mol. The zero-order valence-electron chi connectivity index (χ0n) is 21.3. The molecule has 0 atom stereocenters. The highest BCUT2D eigenvalue weighted by molar-refractivity contribution is 7.80. The van der Waals surface area contributed by atoms with Crippen LogP contribution in [-0.4, -0.2) is 52.5 Å². The standard InChI is InChI=1S/C26H33ClF2N2O4SSi/c1-37(2,3)9-8-34-16-31-13-20(27)24-23(6-7-30-26(24)31)35-25-21(28)11-18(12-22(25)29)10-19(36)5-4-17(14-32)15-33/h6-7,11-13,17,32-33H,4-5,8-10,14-16H2,1-3H3. The third kappa shape index (κ3) is 8.26. The maximum Gasteiger partial charge on any atom is 0.198 e. The number of benzene rings is 1. The highest BCUT2D eigenvalue weighted by atomic mass is 35.5. The molecule has 2 N–H and O–H groups in total. The van der Waals surface area contributed by atoms with Gasteiger partial charge >= 0.3 is 0 Å². The van der Waals surface area contributed by atoms with E-state index in [0.29, 0.717) is 45.9 Å². The van der Waals surface area contributed by atoms with Crippen molar-refractivity contribution in [1.82, 2.24) is 9.55 Å². The molecule has 6 nitrogen and oxygen atoms in total. The summed E-state index contributed by atoms with van der Waals surface area (Å²) in [6.45, 7) is 7.40. The van der Waals surface area contributed by atoms with Gasteiger partial charge in [0.2, 0.25) is 0 Å². The summed E-state index contributed by atoms with van der Waals surface area (Å²) in [6.07, 6.45) is 4.30. The van der Waals surface area contributed by atoms with Crippen molar-refractivity contribution in [3.63, 3.8) is 0 Å². The molecule has 0 aliphatic carbocycles. The van der Waals surface area contributed by atoms with Crippen molar-refractivity contribution in [2.24, 2.45) is 5.92 Å². The van der Waals surface area contributed by atoms with Crippen LogP contribution in [0.5, 0.6) is 11.5 Å².